The molecule has 20 heavy (non-hydrogen) atoms. The number of nitrogens with zero attached hydrogens (tertiary/aromatic N) is 3. The molecule has 2 N–H and O–H groups in total. The Morgan fingerprint density at radius 2 is 2.00 bits per heavy atom. The first-order valence-corrected chi connectivity index (χ1v) is 7.95. The van der Waals surface area contributed by atoms with E-state index in [1.165, 1.54) is 11.5 Å². The number of rotatable bonds is 5. The van der Waals surface area contributed by atoms with Gasteiger partial charge >= 0.3 is 0 Å². The Kier molecular flexibility index (Phi) is 4.42. The molecule has 1 aromatic heterocycles. The van der Waals surface area contributed by atoms with Gasteiger partial charge in [-0.3, -0.25) is 4.55 Å². The summed E-state index contributed by atoms with van der Waals surface area (Å²) in [6, 6.07) is 8.50. The monoisotopic (exact) mass is 312 g/mol. The van der Waals surface area contributed by atoms with Crippen molar-refractivity contribution in [3.05, 3.63) is 36.0 Å². The molecular formula is C11H12N4O3S2. The molecule has 0 bridgehead atoms. The zero-order valence-electron chi connectivity index (χ0n) is 10.5. The van der Waals surface area contributed by atoms with E-state index in [4.69, 9.17) is 4.55 Å². The van der Waals surface area contributed by atoms with Crippen LogP contribution in [0.5, 0.6) is 0 Å². The second-order valence-electron chi connectivity index (χ2n) is 3.96. The first-order chi connectivity index (χ1) is 9.42. The van der Waals surface area contributed by atoms with Crippen LogP contribution >= 0.6 is 11.5 Å². The third kappa shape index (κ3) is 4.68. The van der Waals surface area contributed by atoms with E-state index in [9.17, 15) is 8.42 Å². The number of anilines is 1. The Balaban J connectivity index is 1.99. The van der Waals surface area contributed by atoms with E-state index >= 15 is 0 Å². The highest BCUT2D eigenvalue weighted by molar-refractivity contribution is 7.85. The third-order valence-corrected chi connectivity index (χ3v) is 3.48. The Hall–Kier alpha value is -1.84. The first-order valence-electron chi connectivity index (χ1n) is 5.56. The summed E-state index contributed by atoms with van der Waals surface area (Å²) >= 11 is 1.27. The highest BCUT2D eigenvalue weighted by Gasteiger charge is 2.03. The van der Waals surface area contributed by atoms with Crippen LogP contribution in [0.15, 0.2) is 40.6 Å². The molecule has 106 valence electrons. The van der Waals surface area contributed by atoms with E-state index in [0.717, 1.165) is 10.7 Å². The van der Waals surface area contributed by atoms with Crippen molar-refractivity contribution in [3.8, 4) is 0 Å². The minimum Gasteiger partial charge on any atom is -0.370 e. The van der Waals surface area contributed by atoms with Crippen molar-refractivity contribution in [2.45, 2.75) is 6.92 Å². The van der Waals surface area contributed by atoms with E-state index in [2.05, 4.69) is 19.9 Å². The minimum atomic E-state index is -4.04. The molecule has 0 aliphatic rings. The molecule has 1 heterocycles. The lowest BCUT2D eigenvalue weighted by molar-refractivity contribution is 0.485. The van der Waals surface area contributed by atoms with Crippen LogP contribution in [0, 0.1) is 6.92 Å². The lowest BCUT2D eigenvalue weighted by Gasteiger charge is -2.03. The van der Waals surface area contributed by atoms with Crippen molar-refractivity contribution >= 4 is 38.0 Å². The van der Waals surface area contributed by atoms with Gasteiger partial charge in [-0.25, -0.2) is 0 Å². The number of benzene rings is 1. The number of nitrogens with one attached hydrogen (secondary N) is 1. The van der Waals surface area contributed by atoms with Crippen molar-refractivity contribution in [2.24, 2.45) is 10.2 Å². The van der Waals surface area contributed by atoms with Gasteiger partial charge in [0.15, 0.2) is 5.00 Å². The molecule has 9 heteroatoms. The smallest absolute Gasteiger partial charge is 0.283 e. The molecular weight excluding hydrogens is 300 g/mol. The van der Waals surface area contributed by atoms with Gasteiger partial charge in [-0.15, -0.1) is 10.2 Å². The average Bonchev–Trinajstić information content (AvgIpc) is 2.80. The summed E-state index contributed by atoms with van der Waals surface area (Å²) in [5, 5.41) is 11.4. The van der Waals surface area contributed by atoms with Crippen LogP contribution in [-0.2, 0) is 10.1 Å². The van der Waals surface area contributed by atoms with Crippen LogP contribution in [0.4, 0.5) is 16.4 Å². The quantitative estimate of drug-likeness (QED) is 0.652. The predicted octanol–water partition coefficient (Wildman–Crippen LogP) is 3.12. The molecule has 0 radical (unpaired) electrons. The molecule has 0 unspecified atom stereocenters. The van der Waals surface area contributed by atoms with Crippen LogP contribution in [-0.4, -0.2) is 23.2 Å². The molecule has 2 aromatic rings. The van der Waals surface area contributed by atoms with Crippen molar-refractivity contribution in [1.82, 2.24) is 4.37 Å². The number of aromatic nitrogens is 1. The van der Waals surface area contributed by atoms with Gasteiger partial charge in [0, 0.05) is 5.69 Å². The fraction of sp³-hybridized carbons (Fsp3) is 0.182. The number of azo groups is 1. The fourth-order valence-electron chi connectivity index (χ4n) is 1.32. The lowest BCUT2D eigenvalue weighted by Crippen LogP contribution is -2.12. The van der Waals surface area contributed by atoms with Gasteiger partial charge in [0.25, 0.3) is 10.1 Å². The maximum absolute atomic E-state index is 10.6. The molecule has 7 nitrogen and oxygen atoms in total. The largest absolute Gasteiger partial charge is 0.370 e. The zero-order chi connectivity index (χ0) is 14.6. The molecule has 0 saturated heterocycles. The second kappa shape index (κ2) is 6.07. The Bertz CT molecular complexity index is 708. The summed E-state index contributed by atoms with van der Waals surface area (Å²) in [7, 11) is -4.04. The summed E-state index contributed by atoms with van der Waals surface area (Å²) < 4.78 is 33.9. The summed E-state index contributed by atoms with van der Waals surface area (Å²) in [5.41, 5.74) is 2.09. The lowest BCUT2D eigenvalue weighted by atomic mass is 10.3. The van der Waals surface area contributed by atoms with E-state index in [-0.39, 0.29) is 0 Å². The van der Waals surface area contributed by atoms with Crippen molar-refractivity contribution in [1.29, 1.82) is 0 Å². The van der Waals surface area contributed by atoms with Gasteiger partial charge in [-0.1, -0.05) is 0 Å². The highest BCUT2D eigenvalue weighted by Crippen LogP contribution is 2.23. The van der Waals surface area contributed by atoms with E-state index < -0.39 is 16.0 Å². The summed E-state index contributed by atoms with van der Waals surface area (Å²) in [6.45, 7) is 1.88. The van der Waals surface area contributed by atoms with E-state index in [1.54, 1.807) is 24.3 Å². The molecule has 0 atom stereocenters. The van der Waals surface area contributed by atoms with Gasteiger partial charge in [-0.05, 0) is 48.8 Å². The summed E-state index contributed by atoms with van der Waals surface area (Å²) in [6.07, 6.45) is 0. The molecule has 1 aromatic carbocycles. The van der Waals surface area contributed by atoms with Crippen molar-refractivity contribution in [2.75, 3.05) is 11.2 Å². The predicted molar refractivity (Wildman–Crippen MR) is 77.5 cm³/mol. The van der Waals surface area contributed by atoms with E-state index in [0.29, 0.717) is 11.4 Å². The number of hydrogen-bond acceptors (Lipinski definition) is 7. The van der Waals surface area contributed by atoms with Gasteiger partial charge < -0.3 is 5.32 Å². The van der Waals surface area contributed by atoms with E-state index in [1.807, 2.05) is 13.0 Å². The minimum absolute atomic E-state index is 0.534. The standard InChI is InChI=1S/C11H12N4O3S2/c1-8-6-11(19-15-8)14-13-10-4-2-9(3-5-10)12-7-20(16,17)18/h2-6,12H,7H2,1H3,(H,16,17,18)/b14-13+. The molecule has 0 fully saturated rings. The van der Waals surface area contributed by atoms with Crippen molar-refractivity contribution < 1.29 is 13.0 Å². The average molecular weight is 312 g/mol. The third-order valence-electron chi connectivity index (χ3n) is 2.21. The van der Waals surface area contributed by atoms with Gasteiger partial charge in [-0.2, -0.15) is 12.8 Å². The van der Waals surface area contributed by atoms with Crippen LogP contribution in [0.2, 0.25) is 0 Å². The van der Waals surface area contributed by atoms with Crippen LogP contribution in [0.3, 0.4) is 0 Å². The second-order valence-corrected chi connectivity index (χ2v) is 6.19. The van der Waals surface area contributed by atoms with Gasteiger partial charge in [0.1, 0.15) is 5.88 Å². The topological polar surface area (TPSA) is 104 Å². The summed E-state index contributed by atoms with van der Waals surface area (Å²) in [4.78, 5) is 0. The number of aryl methyl sites for hydroxylation is 1. The summed E-state index contributed by atoms with van der Waals surface area (Å²) in [5.74, 6) is -0.534. The maximum Gasteiger partial charge on any atom is 0.283 e. The van der Waals surface area contributed by atoms with Gasteiger partial charge in [0.2, 0.25) is 0 Å². The zero-order valence-corrected chi connectivity index (χ0v) is 12.1. The fourth-order valence-corrected chi connectivity index (χ4v) is 2.26. The first kappa shape index (κ1) is 14.6. The highest BCUT2D eigenvalue weighted by atomic mass is 32.2. The SMILES string of the molecule is Cc1cc(/N=N/c2ccc(NCS(=O)(=O)O)cc2)sn1. The normalized spacial score (nSPS) is 11.9. The maximum atomic E-state index is 10.6. The number of hydrogen-bond donors (Lipinski definition) is 2. The molecule has 0 spiro atoms. The molecule has 0 amide bonds. The molecule has 0 aliphatic carbocycles. The Morgan fingerprint density at radius 3 is 2.55 bits per heavy atom. The van der Waals surface area contributed by atoms with Gasteiger partial charge in [0.05, 0.1) is 11.4 Å². The van der Waals surface area contributed by atoms with Crippen LogP contribution in [0.25, 0.3) is 0 Å². The Morgan fingerprint density at radius 1 is 1.30 bits per heavy atom. The van der Waals surface area contributed by atoms with Crippen LogP contribution < -0.4 is 5.32 Å². The molecule has 2 rings (SSSR count). The molecule has 0 saturated carbocycles. The Labute approximate surface area is 120 Å². The molecule has 0 aliphatic heterocycles. The van der Waals surface area contributed by atoms with Crippen molar-refractivity contribution in [3.63, 3.8) is 0 Å². The van der Waals surface area contributed by atoms with Crippen LogP contribution in [0.1, 0.15) is 5.69 Å².